The molecule has 8 nitrogen and oxygen atoms in total. The normalized spacial score (nSPS) is 16.9. The molecule has 8 heteroatoms. The minimum absolute atomic E-state index is 0.306. The van der Waals surface area contributed by atoms with E-state index >= 15 is 0 Å². The van der Waals surface area contributed by atoms with Crippen LogP contribution >= 0.6 is 0 Å². The summed E-state index contributed by atoms with van der Waals surface area (Å²) in [4.78, 5) is 41.2. The molecule has 2 aliphatic rings. The van der Waals surface area contributed by atoms with E-state index in [9.17, 15) is 14.4 Å². The van der Waals surface area contributed by atoms with Crippen molar-refractivity contribution in [3.05, 3.63) is 90.0 Å². The zero-order valence-electron chi connectivity index (χ0n) is 19.9. The molecule has 0 bridgehead atoms. The summed E-state index contributed by atoms with van der Waals surface area (Å²) in [6.07, 6.45) is 0.612. The fraction of sp³-hybridized carbons (Fsp3) is 0.250. The highest BCUT2D eigenvalue weighted by atomic mass is 16.6. The van der Waals surface area contributed by atoms with Gasteiger partial charge in [-0.25, -0.2) is 9.69 Å². The minimum atomic E-state index is -1.20. The van der Waals surface area contributed by atoms with Gasteiger partial charge in [0.2, 0.25) is 5.91 Å². The van der Waals surface area contributed by atoms with Crippen molar-refractivity contribution in [3.63, 3.8) is 0 Å². The zero-order chi connectivity index (χ0) is 25.1. The summed E-state index contributed by atoms with van der Waals surface area (Å²) in [5, 5.41) is 5.71. The van der Waals surface area contributed by atoms with Gasteiger partial charge in [-0.2, -0.15) is 0 Å². The van der Waals surface area contributed by atoms with Gasteiger partial charge >= 0.3 is 6.03 Å². The number of urea groups is 1. The third kappa shape index (κ3) is 4.62. The van der Waals surface area contributed by atoms with Crippen LogP contribution in [-0.2, 0) is 22.4 Å². The molecule has 184 valence electrons. The van der Waals surface area contributed by atoms with E-state index in [1.54, 1.807) is 25.1 Å². The molecule has 2 aliphatic heterocycles. The molecule has 1 atom stereocenters. The van der Waals surface area contributed by atoms with Crippen molar-refractivity contribution in [2.24, 2.45) is 0 Å². The van der Waals surface area contributed by atoms with Crippen molar-refractivity contribution in [2.75, 3.05) is 18.5 Å². The summed E-state index contributed by atoms with van der Waals surface area (Å²) in [6.45, 7) is 2.44. The molecule has 0 radical (unpaired) electrons. The smallest absolute Gasteiger partial charge is 0.325 e. The van der Waals surface area contributed by atoms with Gasteiger partial charge in [0.05, 0.1) is 0 Å². The molecule has 1 saturated heterocycles. The number of carbonyl (C=O) groups is 3. The number of fused-ring (bicyclic) bond motifs is 1. The monoisotopic (exact) mass is 485 g/mol. The Morgan fingerprint density at radius 1 is 0.917 bits per heavy atom. The quantitative estimate of drug-likeness (QED) is 0.499. The van der Waals surface area contributed by atoms with Crippen LogP contribution in [0.1, 0.15) is 18.1 Å². The van der Waals surface area contributed by atoms with Crippen molar-refractivity contribution >= 4 is 23.5 Å². The molecule has 2 heterocycles. The van der Waals surface area contributed by atoms with Crippen LogP contribution < -0.4 is 20.1 Å². The molecule has 4 amide bonds. The molecule has 0 unspecified atom stereocenters. The summed E-state index contributed by atoms with van der Waals surface area (Å²) in [7, 11) is 0. The van der Waals surface area contributed by atoms with Crippen LogP contribution in [0.15, 0.2) is 78.9 Å². The van der Waals surface area contributed by atoms with E-state index < -0.39 is 29.4 Å². The number of carbonyl (C=O) groups excluding carboxylic acids is 3. The Balaban J connectivity index is 1.38. The van der Waals surface area contributed by atoms with E-state index in [0.29, 0.717) is 43.2 Å². The predicted molar refractivity (Wildman–Crippen MR) is 134 cm³/mol. The maximum atomic E-state index is 13.9. The Kier molecular flexibility index (Phi) is 6.33. The summed E-state index contributed by atoms with van der Waals surface area (Å²) in [6, 6.07) is 22.5. The molecule has 0 saturated carbocycles. The van der Waals surface area contributed by atoms with E-state index in [2.05, 4.69) is 10.6 Å². The molecule has 5 rings (SSSR count). The van der Waals surface area contributed by atoms with E-state index in [1.807, 2.05) is 60.7 Å². The lowest BCUT2D eigenvalue weighted by molar-refractivity contribution is -0.136. The topological polar surface area (TPSA) is 97.0 Å². The summed E-state index contributed by atoms with van der Waals surface area (Å²) in [5.41, 5.74) is 1.11. The zero-order valence-corrected chi connectivity index (χ0v) is 19.9. The molecule has 1 fully saturated rings. The molecule has 2 N–H and O–H groups in total. The maximum Gasteiger partial charge on any atom is 0.325 e. The Morgan fingerprint density at radius 3 is 2.11 bits per heavy atom. The van der Waals surface area contributed by atoms with Crippen LogP contribution in [0.25, 0.3) is 0 Å². The van der Waals surface area contributed by atoms with Crippen LogP contribution in [0.2, 0.25) is 0 Å². The first-order valence-electron chi connectivity index (χ1n) is 11.9. The highest BCUT2D eigenvalue weighted by Crippen LogP contribution is 2.33. The second-order valence-electron chi connectivity index (χ2n) is 9.04. The van der Waals surface area contributed by atoms with Gasteiger partial charge < -0.3 is 20.1 Å². The lowest BCUT2D eigenvalue weighted by Gasteiger charge is -2.28. The van der Waals surface area contributed by atoms with Gasteiger partial charge in [0.15, 0.2) is 11.5 Å². The van der Waals surface area contributed by atoms with Gasteiger partial charge in [-0.3, -0.25) is 9.59 Å². The number of anilines is 1. The number of amides is 4. The van der Waals surface area contributed by atoms with Crippen LogP contribution in [0, 0.1) is 0 Å². The van der Waals surface area contributed by atoms with E-state index in [-0.39, 0.29) is 0 Å². The fourth-order valence-electron chi connectivity index (χ4n) is 4.67. The summed E-state index contributed by atoms with van der Waals surface area (Å²) >= 11 is 0. The number of benzene rings is 3. The number of nitrogens with zero attached hydrogens (tertiary/aromatic N) is 1. The standard InChI is InChI=1S/C28H27N3O5/c1-19(25(32)29-22-12-13-23-24(16-22)36-15-14-35-23)31-26(33)28(30-27(31)34,17-20-8-4-2-5-9-20)18-21-10-6-3-7-11-21/h2-13,16,19H,14-15,17-18H2,1H3,(H,29,32)(H,30,34)/t19-/m1/s1. The van der Waals surface area contributed by atoms with E-state index in [4.69, 9.17) is 9.47 Å². The molecular weight excluding hydrogens is 458 g/mol. The molecule has 36 heavy (non-hydrogen) atoms. The average Bonchev–Trinajstić information content (AvgIpc) is 3.13. The van der Waals surface area contributed by atoms with Gasteiger partial charge in [0.25, 0.3) is 5.91 Å². The first-order valence-corrected chi connectivity index (χ1v) is 11.9. The Morgan fingerprint density at radius 2 is 1.50 bits per heavy atom. The Labute approximate surface area is 209 Å². The van der Waals surface area contributed by atoms with Gasteiger partial charge in [0, 0.05) is 24.6 Å². The molecule has 0 aliphatic carbocycles. The predicted octanol–water partition coefficient (Wildman–Crippen LogP) is 3.56. The first kappa shape index (κ1) is 23.4. The van der Waals surface area contributed by atoms with Gasteiger partial charge in [-0.1, -0.05) is 60.7 Å². The summed E-state index contributed by atoms with van der Waals surface area (Å²) in [5.74, 6) is 0.231. The van der Waals surface area contributed by atoms with Gasteiger partial charge in [0.1, 0.15) is 24.8 Å². The van der Waals surface area contributed by atoms with Gasteiger partial charge in [-0.05, 0) is 30.2 Å². The first-order chi connectivity index (χ1) is 17.4. The van der Waals surface area contributed by atoms with Crippen molar-refractivity contribution in [1.29, 1.82) is 0 Å². The molecule has 0 aromatic heterocycles. The number of hydrogen-bond acceptors (Lipinski definition) is 5. The largest absolute Gasteiger partial charge is 0.486 e. The van der Waals surface area contributed by atoms with Crippen molar-refractivity contribution in [2.45, 2.75) is 31.3 Å². The van der Waals surface area contributed by atoms with E-state index in [0.717, 1.165) is 16.0 Å². The number of hydrogen-bond donors (Lipinski definition) is 2. The molecule has 0 spiro atoms. The van der Waals surface area contributed by atoms with Gasteiger partial charge in [-0.15, -0.1) is 0 Å². The van der Waals surface area contributed by atoms with Crippen LogP contribution in [-0.4, -0.2) is 47.5 Å². The van der Waals surface area contributed by atoms with Crippen molar-refractivity contribution in [1.82, 2.24) is 10.2 Å². The highest BCUT2D eigenvalue weighted by molar-refractivity contribution is 6.11. The molecule has 3 aromatic carbocycles. The average molecular weight is 486 g/mol. The summed E-state index contributed by atoms with van der Waals surface area (Å²) < 4.78 is 11.1. The number of nitrogens with one attached hydrogen (secondary N) is 2. The maximum absolute atomic E-state index is 13.9. The lowest BCUT2D eigenvalue weighted by Crippen LogP contribution is -2.52. The second-order valence-corrected chi connectivity index (χ2v) is 9.04. The SMILES string of the molecule is C[C@H](C(=O)Nc1ccc2c(c1)OCCO2)N1C(=O)NC(Cc2ccccc2)(Cc2ccccc2)C1=O. The minimum Gasteiger partial charge on any atom is -0.486 e. The van der Waals surface area contributed by atoms with Crippen LogP contribution in [0.3, 0.4) is 0 Å². The van der Waals surface area contributed by atoms with Crippen LogP contribution in [0.5, 0.6) is 11.5 Å². The number of imide groups is 1. The Bertz CT molecular complexity index is 1240. The molecule has 3 aromatic rings. The van der Waals surface area contributed by atoms with Crippen molar-refractivity contribution < 1.29 is 23.9 Å². The third-order valence-corrected chi connectivity index (χ3v) is 6.47. The Hall–Kier alpha value is -4.33. The van der Waals surface area contributed by atoms with E-state index in [1.165, 1.54) is 0 Å². The van der Waals surface area contributed by atoms with Crippen LogP contribution in [0.4, 0.5) is 10.5 Å². The second kappa shape index (κ2) is 9.73. The number of rotatable bonds is 7. The molecular formula is C28H27N3O5. The lowest BCUT2D eigenvalue weighted by atomic mass is 9.84. The number of ether oxygens (including phenoxy) is 2. The highest BCUT2D eigenvalue weighted by Gasteiger charge is 2.53. The third-order valence-electron chi connectivity index (χ3n) is 6.47. The van der Waals surface area contributed by atoms with Crippen molar-refractivity contribution in [3.8, 4) is 11.5 Å². The fourth-order valence-corrected chi connectivity index (χ4v) is 4.67.